The lowest BCUT2D eigenvalue weighted by atomic mass is 10.3. The van der Waals surface area contributed by atoms with Gasteiger partial charge < -0.3 is 15.0 Å². The molecule has 0 radical (unpaired) electrons. The highest BCUT2D eigenvalue weighted by atomic mass is 16.5. The highest BCUT2D eigenvalue weighted by molar-refractivity contribution is 5.84. The summed E-state index contributed by atoms with van der Waals surface area (Å²) in [4.78, 5) is 22.1. The van der Waals surface area contributed by atoms with Gasteiger partial charge in [0.15, 0.2) is 0 Å². The highest BCUT2D eigenvalue weighted by Crippen LogP contribution is 2.14. The smallest absolute Gasteiger partial charge is 0.244 e. The van der Waals surface area contributed by atoms with Gasteiger partial charge in [-0.2, -0.15) is 0 Å². The molecule has 0 aliphatic carbocycles. The molecule has 1 fully saturated rings. The van der Waals surface area contributed by atoms with Crippen molar-refractivity contribution in [1.29, 1.82) is 0 Å². The molecule has 1 aliphatic heterocycles. The number of anilines is 1. The molecule has 104 valence electrons. The number of carbonyl (C=O) groups is 1. The Kier molecular flexibility index (Phi) is 4.54. The average molecular weight is 264 g/mol. The van der Waals surface area contributed by atoms with Crippen molar-refractivity contribution in [3.05, 3.63) is 12.4 Å². The van der Waals surface area contributed by atoms with E-state index in [2.05, 4.69) is 15.3 Å². The molecule has 1 saturated heterocycles. The molecule has 1 aliphatic rings. The Labute approximate surface area is 113 Å². The molecule has 1 N–H and O–H groups in total. The predicted molar refractivity (Wildman–Crippen MR) is 72.1 cm³/mol. The summed E-state index contributed by atoms with van der Waals surface area (Å²) >= 11 is 0. The number of aromatic nitrogens is 2. The van der Waals surface area contributed by atoms with Gasteiger partial charge in [0, 0.05) is 19.2 Å². The van der Waals surface area contributed by atoms with E-state index in [-0.39, 0.29) is 11.9 Å². The molecule has 6 nitrogen and oxygen atoms in total. The first-order valence-corrected chi connectivity index (χ1v) is 6.71. The zero-order chi connectivity index (χ0) is 13.7. The molecule has 6 heteroatoms. The number of carbonyl (C=O) groups excluding carboxylic acids is 1. The van der Waals surface area contributed by atoms with Gasteiger partial charge in [-0.25, -0.2) is 9.97 Å². The molecule has 0 saturated carbocycles. The number of ether oxygens (including phenoxy) is 1. The highest BCUT2D eigenvalue weighted by Gasteiger charge is 2.23. The zero-order valence-corrected chi connectivity index (χ0v) is 11.4. The van der Waals surface area contributed by atoms with Crippen LogP contribution >= 0.6 is 0 Å². The molecule has 1 unspecified atom stereocenters. The van der Waals surface area contributed by atoms with Crippen molar-refractivity contribution < 1.29 is 9.53 Å². The van der Waals surface area contributed by atoms with Crippen LogP contribution in [0.4, 0.5) is 5.82 Å². The van der Waals surface area contributed by atoms with Gasteiger partial charge in [0.1, 0.15) is 18.2 Å². The molecular weight excluding hydrogens is 244 g/mol. The topological polar surface area (TPSA) is 67.3 Å². The number of nitrogens with zero attached hydrogens (tertiary/aromatic N) is 3. The summed E-state index contributed by atoms with van der Waals surface area (Å²) in [6.07, 6.45) is 3.63. The summed E-state index contributed by atoms with van der Waals surface area (Å²) < 4.78 is 5.30. The summed E-state index contributed by atoms with van der Waals surface area (Å²) in [6, 6.07) is 1.42. The molecule has 0 aromatic carbocycles. The normalized spacial score (nSPS) is 16.2. The fraction of sp³-hybridized carbons (Fsp3) is 0.615. The summed E-state index contributed by atoms with van der Waals surface area (Å²) in [6.45, 7) is 6.02. The monoisotopic (exact) mass is 264 g/mol. The van der Waals surface area contributed by atoms with Crippen LogP contribution in [0, 0.1) is 0 Å². The third-order valence-electron chi connectivity index (χ3n) is 3.09. The van der Waals surface area contributed by atoms with Crippen LogP contribution in [0.1, 0.15) is 26.7 Å². The van der Waals surface area contributed by atoms with E-state index in [1.807, 2.05) is 18.7 Å². The quantitative estimate of drug-likeness (QED) is 0.868. The van der Waals surface area contributed by atoms with Gasteiger partial charge in [-0.15, -0.1) is 0 Å². The van der Waals surface area contributed by atoms with Gasteiger partial charge in [-0.3, -0.25) is 4.79 Å². The minimum Gasteiger partial charge on any atom is -0.478 e. The summed E-state index contributed by atoms with van der Waals surface area (Å²) in [7, 11) is 0. The molecule has 2 heterocycles. The van der Waals surface area contributed by atoms with Gasteiger partial charge in [0.25, 0.3) is 0 Å². The number of nitrogens with one attached hydrogen (secondary N) is 1. The van der Waals surface area contributed by atoms with Crippen molar-refractivity contribution in [3.8, 4) is 5.88 Å². The van der Waals surface area contributed by atoms with E-state index in [1.165, 1.54) is 6.33 Å². The Bertz CT molecular complexity index is 432. The second-order valence-electron chi connectivity index (χ2n) is 4.57. The molecule has 1 atom stereocenters. The molecule has 0 bridgehead atoms. The van der Waals surface area contributed by atoms with Gasteiger partial charge in [-0.05, 0) is 26.7 Å². The minimum atomic E-state index is -0.289. The Morgan fingerprint density at radius 2 is 2.21 bits per heavy atom. The fourth-order valence-corrected chi connectivity index (χ4v) is 2.14. The number of rotatable bonds is 5. The van der Waals surface area contributed by atoms with Crippen LogP contribution in [-0.4, -0.2) is 46.5 Å². The molecule has 1 aromatic heterocycles. The van der Waals surface area contributed by atoms with Crippen LogP contribution in [0.2, 0.25) is 0 Å². The zero-order valence-electron chi connectivity index (χ0n) is 11.4. The first-order chi connectivity index (χ1) is 9.20. The Hall–Kier alpha value is -1.85. The van der Waals surface area contributed by atoms with Crippen LogP contribution in [0.15, 0.2) is 12.4 Å². The Morgan fingerprint density at radius 3 is 2.89 bits per heavy atom. The van der Waals surface area contributed by atoms with Crippen LogP contribution < -0.4 is 10.1 Å². The lowest BCUT2D eigenvalue weighted by Gasteiger charge is -2.21. The molecule has 2 rings (SSSR count). The summed E-state index contributed by atoms with van der Waals surface area (Å²) in [5.74, 6) is 1.24. The maximum Gasteiger partial charge on any atom is 0.244 e. The number of amides is 1. The van der Waals surface area contributed by atoms with E-state index in [0.29, 0.717) is 18.3 Å². The van der Waals surface area contributed by atoms with E-state index in [4.69, 9.17) is 4.74 Å². The Balaban J connectivity index is 1.95. The predicted octanol–water partition coefficient (Wildman–Crippen LogP) is 1.30. The van der Waals surface area contributed by atoms with E-state index in [1.54, 1.807) is 6.07 Å². The molecular formula is C13H20N4O2. The van der Waals surface area contributed by atoms with E-state index < -0.39 is 0 Å². The van der Waals surface area contributed by atoms with E-state index in [9.17, 15) is 4.79 Å². The minimum absolute atomic E-state index is 0.120. The van der Waals surface area contributed by atoms with Crippen molar-refractivity contribution in [3.63, 3.8) is 0 Å². The standard InChI is InChI=1S/C13H20N4O2/c1-3-19-12-8-11(14-9-15-12)16-10(2)13(18)17-6-4-5-7-17/h8-10H,3-7H2,1-2H3,(H,14,15,16). The third kappa shape index (κ3) is 3.56. The van der Waals surface area contributed by atoms with Crippen molar-refractivity contribution in [2.45, 2.75) is 32.7 Å². The lowest BCUT2D eigenvalue weighted by Crippen LogP contribution is -2.39. The summed E-state index contributed by atoms with van der Waals surface area (Å²) in [5, 5.41) is 3.10. The fourth-order valence-electron chi connectivity index (χ4n) is 2.14. The first kappa shape index (κ1) is 13.6. The third-order valence-corrected chi connectivity index (χ3v) is 3.09. The molecule has 0 spiro atoms. The molecule has 19 heavy (non-hydrogen) atoms. The maximum absolute atomic E-state index is 12.1. The maximum atomic E-state index is 12.1. The van der Waals surface area contributed by atoms with Gasteiger partial charge >= 0.3 is 0 Å². The largest absolute Gasteiger partial charge is 0.478 e. The van der Waals surface area contributed by atoms with Crippen molar-refractivity contribution in [2.75, 3.05) is 25.0 Å². The Morgan fingerprint density at radius 1 is 1.47 bits per heavy atom. The molecule has 1 amide bonds. The lowest BCUT2D eigenvalue weighted by molar-refractivity contribution is -0.130. The van der Waals surface area contributed by atoms with Crippen molar-refractivity contribution in [2.24, 2.45) is 0 Å². The number of hydrogen-bond donors (Lipinski definition) is 1. The van der Waals surface area contributed by atoms with Crippen LogP contribution in [0.25, 0.3) is 0 Å². The van der Waals surface area contributed by atoms with Gasteiger partial charge in [0.05, 0.1) is 6.61 Å². The van der Waals surface area contributed by atoms with Crippen LogP contribution in [0.5, 0.6) is 5.88 Å². The van der Waals surface area contributed by atoms with Gasteiger partial charge in [-0.1, -0.05) is 0 Å². The van der Waals surface area contributed by atoms with Crippen LogP contribution in [-0.2, 0) is 4.79 Å². The SMILES string of the molecule is CCOc1cc(NC(C)C(=O)N2CCCC2)ncn1. The van der Waals surface area contributed by atoms with Crippen LogP contribution in [0.3, 0.4) is 0 Å². The first-order valence-electron chi connectivity index (χ1n) is 6.71. The molecule has 1 aromatic rings. The van der Waals surface area contributed by atoms with E-state index >= 15 is 0 Å². The number of likely N-dealkylation sites (tertiary alicyclic amines) is 1. The van der Waals surface area contributed by atoms with Crippen molar-refractivity contribution in [1.82, 2.24) is 14.9 Å². The second-order valence-corrected chi connectivity index (χ2v) is 4.57. The average Bonchev–Trinajstić information content (AvgIpc) is 2.92. The number of hydrogen-bond acceptors (Lipinski definition) is 5. The summed E-state index contributed by atoms with van der Waals surface area (Å²) in [5.41, 5.74) is 0. The second kappa shape index (κ2) is 6.36. The van der Waals surface area contributed by atoms with E-state index in [0.717, 1.165) is 25.9 Å². The van der Waals surface area contributed by atoms with Gasteiger partial charge in [0.2, 0.25) is 11.8 Å². The van der Waals surface area contributed by atoms with Crippen molar-refractivity contribution >= 4 is 11.7 Å².